The molecule has 20 heavy (non-hydrogen) atoms. The predicted molar refractivity (Wildman–Crippen MR) is 74.7 cm³/mol. The fourth-order valence-electron chi connectivity index (χ4n) is 1.62. The van der Waals surface area contributed by atoms with Crippen molar-refractivity contribution in [2.24, 2.45) is 0 Å². The van der Waals surface area contributed by atoms with Crippen LogP contribution in [0.2, 0.25) is 0 Å². The van der Waals surface area contributed by atoms with Crippen molar-refractivity contribution in [2.75, 3.05) is 12.0 Å². The average Bonchev–Trinajstić information content (AvgIpc) is 2.37. The minimum atomic E-state index is -3.23. The van der Waals surface area contributed by atoms with Gasteiger partial charge in [0, 0.05) is 17.5 Å². The van der Waals surface area contributed by atoms with Crippen LogP contribution in [0.4, 0.5) is 10.1 Å². The lowest BCUT2D eigenvalue weighted by molar-refractivity contribution is 0.299. The molecule has 0 aliphatic rings. The van der Waals surface area contributed by atoms with Gasteiger partial charge in [0.1, 0.15) is 18.2 Å². The molecule has 0 spiro atoms. The van der Waals surface area contributed by atoms with E-state index in [0.717, 1.165) is 6.26 Å². The molecule has 0 aliphatic carbocycles. The first kappa shape index (κ1) is 14.3. The molecule has 0 radical (unpaired) electrons. The molecule has 0 saturated carbocycles. The van der Waals surface area contributed by atoms with Crippen molar-refractivity contribution in [3.8, 4) is 5.75 Å². The van der Waals surface area contributed by atoms with Crippen LogP contribution in [0.5, 0.6) is 5.75 Å². The quantitative estimate of drug-likeness (QED) is 0.879. The summed E-state index contributed by atoms with van der Waals surface area (Å²) in [7, 11) is -3.23. The van der Waals surface area contributed by atoms with E-state index in [2.05, 4.69) is 0 Å². The summed E-state index contributed by atoms with van der Waals surface area (Å²) in [6, 6.07) is 10.3. The molecule has 0 fully saturated rings. The molecule has 0 aliphatic heterocycles. The first-order chi connectivity index (χ1) is 9.36. The number of halogens is 1. The van der Waals surface area contributed by atoms with Crippen LogP contribution in [0.3, 0.4) is 0 Å². The van der Waals surface area contributed by atoms with Gasteiger partial charge in [0.25, 0.3) is 0 Å². The predicted octanol–water partition coefficient (Wildman–Crippen LogP) is 2.39. The van der Waals surface area contributed by atoms with Crippen LogP contribution in [0.15, 0.2) is 47.4 Å². The van der Waals surface area contributed by atoms with Gasteiger partial charge in [-0.2, -0.15) is 0 Å². The van der Waals surface area contributed by atoms with Gasteiger partial charge in [-0.15, -0.1) is 0 Å². The Balaban J connectivity index is 2.08. The highest BCUT2D eigenvalue weighted by atomic mass is 32.2. The molecule has 2 aromatic carbocycles. The van der Waals surface area contributed by atoms with Gasteiger partial charge in [0.2, 0.25) is 0 Å². The molecule has 2 rings (SSSR count). The van der Waals surface area contributed by atoms with Gasteiger partial charge < -0.3 is 10.5 Å². The first-order valence-corrected chi connectivity index (χ1v) is 7.72. The molecule has 0 unspecified atom stereocenters. The molecule has 2 aromatic rings. The van der Waals surface area contributed by atoms with Crippen LogP contribution in [-0.2, 0) is 16.4 Å². The number of rotatable bonds is 4. The number of nitrogen functional groups attached to an aromatic ring is 1. The van der Waals surface area contributed by atoms with Gasteiger partial charge in [-0.1, -0.05) is 6.07 Å². The summed E-state index contributed by atoms with van der Waals surface area (Å²) in [6.45, 7) is 0.0460. The average molecular weight is 295 g/mol. The third-order valence-electron chi connectivity index (χ3n) is 2.72. The van der Waals surface area contributed by atoms with Gasteiger partial charge in [0.15, 0.2) is 9.84 Å². The highest BCUT2D eigenvalue weighted by Gasteiger charge is 2.07. The van der Waals surface area contributed by atoms with Crippen LogP contribution >= 0.6 is 0 Å². The maximum atomic E-state index is 13.5. The Labute approximate surface area is 116 Å². The normalized spacial score (nSPS) is 11.3. The number of hydrogen-bond donors (Lipinski definition) is 1. The fourth-order valence-corrected chi connectivity index (χ4v) is 2.26. The maximum Gasteiger partial charge on any atom is 0.175 e. The Bertz CT molecular complexity index is 712. The van der Waals surface area contributed by atoms with Crippen LogP contribution < -0.4 is 10.5 Å². The van der Waals surface area contributed by atoms with Gasteiger partial charge in [-0.25, -0.2) is 12.8 Å². The summed E-state index contributed by atoms with van der Waals surface area (Å²) in [4.78, 5) is 0.212. The Hall–Kier alpha value is -2.08. The first-order valence-electron chi connectivity index (χ1n) is 5.83. The van der Waals surface area contributed by atoms with Crippen molar-refractivity contribution in [2.45, 2.75) is 11.5 Å². The molecule has 106 valence electrons. The molecule has 0 atom stereocenters. The molecule has 6 heteroatoms. The highest BCUT2D eigenvalue weighted by Crippen LogP contribution is 2.18. The Morgan fingerprint density at radius 1 is 1.15 bits per heavy atom. The third-order valence-corrected chi connectivity index (χ3v) is 3.85. The topological polar surface area (TPSA) is 69.4 Å². The van der Waals surface area contributed by atoms with E-state index in [4.69, 9.17) is 10.5 Å². The molecule has 0 saturated heterocycles. The Kier molecular flexibility index (Phi) is 3.94. The molecule has 0 aromatic heterocycles. The molecular formula is C14H14FNO3S. The van der Waals surface area contributed by atoms with E-state index in [1.54, 1.807) is 12.1 Å². The zero-order valence-corrected chi connectivity index (χ0v) is 11.7. The van der Waals surface area contributed by atoms with E-state index in [-0.39, 0.29) is 11.5 Å². The van der Waals surface area contributed by atoms with Gasteiger partial charge >= 0.3 is 0 Å². The van der Waals surface area contributed by atoms with E-state index >= 15 is 0 Å². The van der Waals surface area contributed by atoms with Crippen molar-refractivity contribution in [1.82, 2.24) is 0 Å². The fraction of sp³-hybridized carbons (Fsp3) is 0.143. The number of sulfone groups is 1. The Morgan fingerprint density at radius 3 is 2.35 bits per heavy atom. The zero-order valence-electron chi connectivity index (χ0n) is 10.8. The van der Waals surface area contributed by atoms with Crippen molar-refractivity contribution < 1.29 is 17.5 Å². The summed E-state index contributed by atoms with van der Waals surface area (Å²) in [5.74, 6) is 0.0337. The van der Waals surface area contributed by atoms with E-state index in [0.29, 0.717) is 17.0 Å². The zero-order chi connectivity index (χ0) is 14.8. The van der Waals surface area contributed by atoms with Crippen LogP contribution in [0.25, 0.3) is 0 Å². The van der Waals surface area contributed by atoms with Crippen molar-refractivity contribution >= 4 is 15.5 Å². The lowest BCUT2D eigenvalue weighted by Crippen LogP contribution is -2.00. The largest absolute Gasteiger partial charge is 0.489 e. The molecule has 0 bridgehead atoms. The van der Waals surface area contributed by atoms with Crippen molar-refractivity contribution in [3.05, 3.63) is 53.8 Å². The monoisotopic (exact) mass is 295 g/mol. The number of anilines is 1. The maximum absolute atomic E-state index is 13.5. The number of nitrogens with two attached hydrogens (primary N) is 1. The second kappa shape index (κ2) is 5.50. The van der Waals surface area contributed by atoms with E-state index in [1.807, 2.05) is 0 Å². The minimum Gasteiger partial charge on any atom is -0.489 e. The SMILES string of the molecule is CS(=O)(=O)c1ccc(OCc2ccc(N)cc2F)cc1. The molecule has 2 N–H and O–H groups in total. The molecule has 0 heterocycles. The molecular weight excluding hydrogens is 281 g/mol. The number of ether oxygens (including phenoxy) is 1. The minimum absolute atomic E-state index is 0.0460. The van der Waals surface area contributed by atoms with Crippen LogP contribution in [0, 0.1) is 5.82 Å². The van der Waals surface area contributed by atoms with Gasteiger partial charge in [0.05, 0.1) is 4.90 Å². The van der Waals surface area contributed by atoms with Crippen molar-refractivity contribution in [3.63, 3.8) is 0 Å². The van der Waals surface area contributed by atoms with E-state index in [9.17, 15) is 12.8 Å². The van der Waals surface area contributed by atoms with E-state index < -0.39 is 15.7 Å². The van der Waals surface area contributed by atoms with Gasteiger partial charge in [-0.3, -0.25) is 0 Å². The van der Waals surface area contributed by atoms with Crippen molar-refractivity contribution in [1.29, 1.82) is 0 Å². The summed E-state index contributed by atoms with van der Waals surface area (Å²) >= 11 is 0. The van der Waals surface area contributed by atoms with E-state index in [1.165, 1.54) is 30.3 Å². The second-order valence-electron chi connectivity index (χ2n) is 4.38. The summed E-state index contributed by atoms with van der Waals surface area (Å²) in [6.07, 6.45) is 1.13. The molecule has 0 amide bonds. The standard InChI is InChI=1S/C14H14FNO3S/c1-20(17,18)13-6-4-12(5-7-13)19-9-10-2-3-11(16)8-14(10)15/h2-8H,9,16H2,1H3. The van der Waals surface area contributed by atoms with Crippen LogP contribution in [-0.4, -0.2) is 14.7 Å². The number of benzene rings is 2. The van der Waals surface area contributed by atoms with Gasteiger partial charge in [-0.05, 0) is 36.4 Å². The summed E-state index contributed by atoms with van der Waals surface area (Å²) < 4.78 is 41.5. The highest BCUT2D eigenvalue weighted by molar-refractivity contribution is 7.90. The Morgan fingerprint density at radius 2 is 1.80 bits per heavy atom. The lowest BCUT2D eigenvalue weighted by Gasteiger charge is -2.08. The second-order valence-corrected chi connectivity index (χ2v) is 6.40. The summed E-state index contributed by atoms with van der Waals surface area (Å²) in [5.41, 5.74) is 6.19. The molecule has 4 nitrogen and oxygen atoms in total. The third kappa shape index (κ3) is 3.48. The van der Waals surface area contributed by atoms with Crippen LogP contribution in [0.1, 0.15) is 5.56 Å². The smallest absolute Gasteiger partial charge is 0.175 e. The number of hydrogen-bond acceptors (Lipinski definition) is 4. The summed E-state index contributed by atoms with van der Waals surface area (Å²) in [5, 5.41) is 0. The lowest BCUT2D eigenvalue weighted by atomic mass is 10.2.